The Morgan fingerprint density at radius 1 is 1.31 bits per heavy atom. The minimum atomic E-state index is 0.600. The van der Waals surface area contributed by atoms with Crippen LogP contribution in [0.1, 0.15) is 45.2 Å². The molecule has 16 heavy (non-hydrogen) atoms. The molecule has 0 unspecified atom stereocenters. The first-order valence-corrected chi connectivity index (χ1v) is 6.31. The molecule has 0 atom stereocenters. The van der Waals surface area contributed by atoms with Crippen molar-refractivity contribution in [3.63, 3.8) is 0 Å². The van der Waals surface area contributed by atoms with Gasteiger partial charge in [-0.05, 0) is 55.0 Å². The Labute approximate surface area is 104 Å². The largest absolute Gasteiger partial charge is 0.0843 e. The topological polar surface area (TPSA) is 0 Å². The summed E-state index contributed by atoms with van der Waals surface area (Å²) in [6.07, 6.45) is 1.11. The predicted octanol–water partition coefficient (Wildman–Crippen LogP) is 5.49. The van der Waals surface area contributed by atoms with E-state index in [4.69, 9.17) is 11.6 Å². The minimum Gasteiger partial charge on any atom is -0.0843 e. The number of benzene rings is 1. The van der Waals surface area contributed by atoms with Crippen LogP contribution in [0.25, 0.3) is 5.57 Å². The summed E-state index contributed by atoms with van der Waals surface area (Å²) in [5.74, 6) is 0.600. The number of aryl methyl sites for hydroxylation is 1. The molecule has 0 aliphatic carbocycles. The van der Waals surface area contributed by atoms with Crippen molar-refractivity contribution in [1.29, 1.82) is 0 Å². The molecule has 0 saturated carbocycles. The number of rotatable bonds is 3. The molecular weight excluding hydrogens is 216 g/mol. The average Bonchev–Trinajstić information content (AvgIpc) is 2.22. The second-order valence-corrected chi connectivity index (χ2v) is 5.05. The van der Waals surface area contributed by atoms with Gasteiger partial charge >= 0.3 is 0 Å². The summed E-state index contributed by atoms with van der Waals surface area (Å²) in [6, 6.07) is 6.12. The highest BCUT2D eigenvalue weighted by Crippen LogP contribution is 2.29. The van der Waals surface area contributed by atoms with Crippen molar-refractivity contribution in [3.05, 3.63) is 39.9 Å². The quantitative estimate of drug-likeness (QED) is 0.651. The molecule has 0 radical (unpaired) electrons. The lowest BCUT2D eigenvalue weighted by molar-refractivity contribution is 0.734. The van der Waals surface area contributed by atoms with E-state index < -0.39 is 0 Å². The number of allylic oxidation sites excluding steroid dienone is 2. The van der Waals surface area contributed by atoms with E-state index in [-0.39, 0.29) is 0 Å². The van der Waals surface area contributed by atoms with Crippen LogP contribution >= 0.6 is 11.6 Å². The Hall–Kier alpha value is -0.750. The summed E-state index contributed by atoms with van der Waals surface area (Å²) >= 11 is 6.07. The van der Waals surface area contributed by atoms with Crippen molar-refractivity contribution in [2.45, 2.75) is 41.0 Å². The molecule has 0 spiro atoms. The summed E-state index contributed by atoms with van der Waals surface area (Å²) in [5, 5.41) is 0.819. The monoisotopic (exact) mass is 236 g/mol. The molecule has 0 fully saturated rings. The molecule has 0 nitrogen and oxygen atoms in total. The molecule has 0 saturated heterocycles. The highest BCUT2D eigenvalue weighted by atomic mass is 35.5. The maximum Gasteiger partial charge on any atom is 0.0412 e. The van der Waals surface area contributed by atoms with E-state index in [1.165, 1.54) is 22.3 Å². The number of halogens is 1. The Morgan fingerprint density at radius 2 is 1.94 bits per heavy atom. The van der Waals surface area contributed by atoms with Crippen LogP contribution in [0.4, 0.5) is 0 Å². The summed E-state index contributed by atoms with van der Waals surface area (Å²) in [5.41, 5.74) is 5.49. The Bertz CT molecular complexity index is 400. The fourth-order valence-electron chi connectivity index (χ4n) is 2.28. The van der Waals surface area contributed by atoms with Crippen LogP contribution in [0.15, 0.2) is 23.8 Å². The van der Waals surface area contributed by atoms with Crippen molar-refractivity contribution in [3.8, 4) is 0 Å². The molecule has 0 aromatic heterocycles. The second kappa shape index (κ2) is 5.54. The molecule has 0 aliphatic rings. The Morgan fingerprint density at radius 3 is 2.44 bits per heavy atom. The predicted molar refractivity (Wildman–Crippen MR) is 73.9 cm³/mol. The van der Waals surface area contributed by atoms with Gasteiger partial charge in [0.15, 0.2) is 0 Å². The summed E-state index contributed by atoms with van der Waals surface area (Å²) in [7, 11) is 0. The molecule has 0 aliphatic heterocycles. The second-order valence-electron chi connectivity index (χ2n) is 4.62. The van der Waals surface area contributed by atoms with Crippen LogP contribution in [0.5, 0.6) is 0 Å². The zero-order chi connectivity index (χ0) is 12.3. The molecule has 0 heterocycles. The SMILES string of the molecule is CC/C(=C(/C)c1cc(Cl)ccc1C)C(C)C. The molecule has 1 rings (SSSR count). The van der Waals surface area contributed by atoms with E-state index in [0.29, 0.717) is 5.92 Å². The lowest BCUT2D eigenvalue weighted by Crippen LogP contribution is -1.98. The van der Waals surface area contributed by atoms with Crippen molar-refractivity contribution in [2.24, 2.45) is 5.92 Å². The van der Waals surface area contributed by atoms with Crippen LogP contribution in [0, 0.1) is 12.8 Å². The summed E-state index contributed by atoms with van der Waals surface area (Å²) in [6.45, 7) is 11.1. The molecule has 1 heteroatoms. The van der Waals surface area contributed by atoms with E-state index in [1.807, 2.05) is 6.07 Å². The average molecular weight is 237 g/mol. The van der Waals surface area contributed by atoms with E-state index >= 15 is 0 Å². The van der Waals surface area contributed by atoms with Gasteiger partial charge in [-0.25, -0.2) is 0 Å². The van der Waals surface area contributed by atoms with Gasteiger partial charge in [-0.3, -0.25) is 0 Å². The number of hydrogen-bond acceptors (Lipinski definition) is 0. The molecule has 0 amide bonds. The van der Waals surface area contributed by atoms with Crippen LogP contribution in [0.2, 0.25) is 5.02 Å². The molecule has 0 N–H and O–H groups in total. The van der Waals surface area contributed by atoms with Gasteiger partial charge in [0.1, 0.15) is 0 Å². The third-order valence-corrected chi connectivity index (χ3v) is 3.40. The summed E-state index contributed by atoms with van der Waals surface area (Å²) < 4.78 is 0. The van der Waals surface area contributed by atoms with Gasteiger partial charge in [0.2, 0.25) is 0 Å². The highest BCUT2D eigenvalue weighted by molar-refractivity contribution is 6.30. The van der Waals surface area contributed by atoms with Crippen molar-refractivity contribution < 1.29 is 0 Å². The third kappa shape index (κ3) is 2.89. The fraction of sp³-hybridized carbons (Fsp3) is 0.467. The van der Waals surface area contributed by atoms with Gasteiger partial charge in [0.25, 0.3) is 0 Å². The van der Waals surface area contributed by atoms with E-state index in [0.717, 1.165) is 11.4 Å². The zero-order valence-electron chi connectivity index (χ0n) is 10.9. The third-order valence-electron chi connectivity index (χ3n) is 3.16. The van der Waals surface area contributed by atoms with Gasteiger partial charge in [-0.1, -0.05) is 44.0 Å². The molecule has 1 aromatic rings. The maximum absolute atomic E-state index is 6.07. The van der Waals surface area contributed by atoms with Crippen LogP contribution in [-0.2, 0) is 0 Å². The van der Waals surface area contributed by atoms with Gasteiger partial charge in [0, 0.05) is 5.02 Å². The first kappa shape index (κ1) is 13.3. The molecule has 0 bridgehead atoms. The zero-order valence-corrected chi connectivity index (χ0v) is 11.7. The van der Waals surface area contributed by atoms with Crippen molar-refractivity contribution in [1.82, 2.24) is 0 Å². The Kier molecular flexibility index (Phi) is 4.61. The van der Waals surface area contributed by atoms with Crippen LogP contribution < -0.4 is 0 Å². The van der Waals surface area contributed by atoms with E-state index in [9.17, 15) is 0 Å². The van der Waals surface area contributed by atoms with Crippen LogP contribution in [-0.4, -0.2) is 0 Å². The maximum atomic E-state index is 6.07. The Balaban J connectivity index is 3.31. The van der Waals surface area contributed by atoms with Gasteiger partial charge < -0.3 is 0 Å². The van der Waals surface area contributed by atoms with E-state index in [1.54, 1.807) is 0 Å². The number of hydrogen-bond donors (Lipinski definition) is 0. The molecule has 1 aromatic carbocycles. The van der Waals surface area contributed by atoms with Gasteiger partial charge in [-0.2, -0.15) is 0 Å². The highest BCUT2D eigenvalue weighted by Gasteiger charge is 2.09. The van der Waals surface area contributed by atoms with Crippen molar-refractivity contribution >= 4 is 17.2 Å². The standard InChI is InChI=1S/C15H21Cl/c1-6-14(10(2)3)12(5)15-9-13(16)8-7-11(15)4/h7-10H,6H2,1-5H3/b14-12+. The minimum absolute atomic E-state index is 0.600. The first-order chi connectivity index (χ1) is 7.47. The van der Waals surface area contributed by atoms with Crippen molar-refractivity contribution in [2.75, 3.05) is 0 Å². The lowest BCUT2D eigenvalue weighted by atomic mass is 9.90. The fourth-order valence-corrected chi connectivity index (χ4v) is 2.45. The first-order valence-electron chi connectivity index (χ1n) is 5.93. The van der Waals surface area contributed by atoms with E-state index in [2.05, 4.69) is 46.8 Å². The van der Waals surface area contributed by atoms with Gasteiger partial charge in [-0.15, -0.1) is 0 Å². The smallest absolute Gasteiger partial charge is 0.0412 e. The van der Waals surface area contributed by atoms with Crippen LogP contribution in [0.3, 0.4) is 0 Å². The normalized spacial score (nSPS) is 12.9. The molecule has 88 valence electrons. The van der Waals surface area contributed by atoms with Gasteiger partial charge in [0.05, 0.1) is 0 Å². The lowest BCUT2D eigenvalue weighted by Gasteiger charge is -2.16. The summed E-state index contributed by atoms with van der Waals surface area (Å²) in [4.78, 5) is 0. The molecular formula is C15H21Cl.